The van der Waals surface area contributed by atoms with Gasteiger partial charge < -0.3 is 15.1 Å². The van der Waals surface area contributed by atoms with Gasteiger partial charge in [0.25, 0.3) is 0 Å². The van der Waals surface area contributed by atoms with Gasteiger partial charge in [0.05, 0.1) is 6.10 Å². The molecule has 4 rings (SSSR count). The Bertz CT molecular complexity index is 1040. The lowest BCUT2D eigenvalue weighted by molar-refractivity contribution is -0.135. The first-order valence-corrected chi connectivity index (χ1v) is 9.70. The lowest BCUT2D eigenvalue weighted by Crippen LogP contribution is -2.69. The second-order valence-electron chi connectivity index (χ2n) is 7.57. The van der Waals surface area contributed by atoms with Gasteiger partial charge in [-0.05, 0) is 72.5 Å². The van der Waals surface area contributed by atoms with E-state index in [4.69, 9.17) is 0 Å². The lowest BCUT2D eigenvalue weighted by atomic mass is 9.67. The van der Waals surface area contributed by atoms with Gasteiger partial charge in [-0.2, -0.15) is 0 Å². The van der Waals surface area contributed by atoms with Crippen LogP contribution in [-0.4, -0.2) is 28.8 Å². The molecule has 0 bridgehead atoms. The third kappa shape index (κ3) is 3.55. The number of hydrogen-bond acceptors (Lipinski definition) is 3. The second-order valence-corrected chi connectivity index (χ2v) is 7.57. The number of halogens is 2. The smallest absolute Gasteiger partial charge is 0.242 e. The monoisotopic (exact) mass is 409 g/mol. The highest BCUT2D eigenvalue weighted by atomic mass is 19.1. The van der Waals surface area contributed by atoms with Gasteiger partial charge >= 0.3 is 0 Å². The molecule has 2 N–H and O–H groups in total. The zero-order valence-electron chi connectivity index (χ0n) is 16.1. The average molecular weight is 409 g/mol. The summed E-state index contributed by atoms with van der Waals surface area (Å²) >= 11 is 0. The zero-order valence-corrected chi connectivity index (χ0v) is 16.1. The maximum absolute atomic E-state index is 13.3. The second kappa shape index (κ2) is 7.88. The number of aliphatic hydroxyl groups excluding tert-OH is 1. The summed E-state index contributed by atoms with van der Waals surface area (Å²) in [6.45, 7) is 0.229. The number of nitrogens with zero attached hydrogens (tertiary/aromatic N) is 1. The number of carbonyl (C=O) groups excluding carboxylic acids is 1. The molecular weight excluding hydrogens is 388 g/mol. The minimum absolute atomic E-state index is 0.0665. The molecule has 1 amide bonds. The first kappa shape index (κ1) is 20.0. The molecule has 1 fully saturated rings. The lowest BCUT2D eigenvalue weighted by Gasteiger charge is -2.51. The molecule has 0 aromatic heterocycles. The van der Waals surface area contributed by atoms with Crippen molar-refractivity contribution in [2.75, 3.05) is 11.4 Å². The molecule has 1 heterocycles. The molecule has 4 nitrogen and oxygen atoms in total. The highest BCUT2D eigenvalue weighted by Crippen LogP contribution is 2.43. The van der Waals surface area contributed by atoms with Crippen LogP contribution in [0.25, 0.3) is 0 Å². The van der Waals surface area contributed by atoms with Crippen LogP contribution in [0.5, 0.6) is 5.75 Å². The first-order chi connectivity index (χ1) is 14.4. The average Bonchev–Trinajstić information content (AvgIpc) is 2.75. The van der Waals surface area contributed by atoms with E-state index >= 15 is 0 Å². The minimum Gasteiger partial charge on any atom is -0.508 e. The van der Waals surface area contributed by atoms with Crippen molar-refractivity contribution in [2.45, 2.75) is 24.4 Å². The summed E-state index contributed by atoms with van der Waals surface area (Å²) in [4.78, 5) is 14.8. The molecular formula is C24H21F2NO3. The Morgan fingerprint density at radius 2 is 1.47 bits per heavy atom. The van der Waals surface area contributed by atoms with Gasteiger partial charge in [-0.25, -0.2) is 8.78 Å². The number of amides is 1. The number of carbonyl (C=O) groups is 1. The van der Waals surface area contributed by atoms with Crippen molar-refractivity contribution in [2.24, 2.45) is 0 Å². The van der Waals surface area contributed by atoms with Crippen molar-refractivity contribution in [1.82, 2.24) is 0 Å². The Hall–Kier alpha value is -3.25. The standard InChI is InChI=1S/C24H21F2NO3/c25-18-6-1-16(2-7-18)3-14-22(29)24(17-4-12-21(28)13-5-17)15-27(23(24)30)20-10-8-19(26)9-11-20/h1-2,4-13,22,28-29H,3,14-15H2/t22?,24-/m1/s1. The number of phenolic OH excluding ortho intramolecular Hbond substituents is 1. The summed E-state index contributed by atoms with van der Waals surface area (Å²) in [5, 5.41) is 20.7. The van der Waals surface area contributed by atoms with E-state index in [2.05, 4.69) is 0 Å². The number of hydrogen-bond donors (Lipinski definition) is 2. The maximum Gasteiger partial charge on any atom is 0.242 e. The van der Waals surface area contributed by atoms with Crippen LogP contribution in [0.3, 0.4) is 0 Å². The molecule has 6 heteroatoms. The van der Waals surface area contributed by atoms with Gasteiger partial charge in [-0.1, -0.05) is 24.3 Å². The van der Waals surface area contributed by atoms with E-state index in [1.807, 2.05) is 0 Å². The molecule has 0 saturated carbocycles. The van der Waals surface area contributed by atoms with E-state index in [1.54, 1.807) is 24.3 Å². The Morgan fingerprint density at radius 3 is 2.03 bits per heavy atom. The summed E-state index contributed by atoms with van der Waals surface area (Å²) in [5.74, 6) is -0.942. The molecule has 1 unspecified atom stereocenters. The first-order valence-electron chi connectivity index (χ1n) is 9.70. The normalized spacial score (nSPS) is 19.4. The summed E-state index contributed by atoms with van der Waals surface area (Å²) < 4.78 is 26.4. The van der Waals surface area contributed by atoms with E-state index in [0.29, 0.717) is 24.1 Å². The van der Waals surface area contributed by atoms with Crippen molar-refractivity contribution < 1.29 is 23.8 Å². The maximum atomic E-state index is 13.3. The molecule has 3 aromatic rings. The van der Waals surface area contributed by atoms with Crippen molar-refractivity contribution in [3.05, 3.63) is 95.6 Å². The van der Waals surface area contributed by atoms with E-state index in [1.165, 1.54) is 53.4 Å². The zero-order chi connectivity index (χ0) is 21.3. The van der Waals surface area contributed by atoms with Crippen LogP contribution >= 0.6 is 0 Å². The Kier molecular flexibility index (Phi) is 5.26. The van der Waals surface area contributed by atoms with Gasteiger partial charge in [0, 0.05) is 12.2 Å². The predicted molar refractivity (Wildman–Crippen MR) is 109 cm³/mol. The number of benzene rings is 3. The van der Waals surface area contributed by atoms with Crippen LogP contribution in [0.4, 0.5) is 14.5 Å². The highest BCUT2D eigenvalue weighted by molar-refractivity contribution is 6.09. The van der Waals surface area contributed by atoms with Gasteiger partial charge in [-0.3, -0.25) is 4.79 Å². The number of β-lactam (4-membered cyclic amide) rings is 1. The number of rotatable bonds is 6. The molecule has 1 aliphatic rings. The molecule has 2 atom stereocenters. The van der Waals surface area contributed by atoms with E-state index in [9.17, 15) is 23.8 Å². The van der Waals surface area contributed by atoms with Crippen molar-refractivity contribution in [3.63, 3.8) is 0 Å². The summed E-state index contributed by atoms with van der Waals surface area (Å²) in [5.41, 5.74) is 0.859. The van der Waals surface area contributed by atoms with Crippen molar-refractivity contribution in [3.8, 4) is 5.75 Å². The van der Waals surface area contributed by atoms with Crippen molar-refractivity contribution >= 4 is 11.6 Å². The largest absolute Gasteiger partial charge is 0.508 e. The molecule has 3 aromatic carbocycles. The SMILES string of the molecule is O=C1N(c2ccc(F)cc2)C[C@@]1(c1ccc(O)cc1)C(O)CCc1ccc(F)cc1. The van der Waals surface area contributed by atoms with Gasteiger partial charge in [0.1, 0.15) is 22.8 Å². The third-order valence-corrected chi connectivity index (χ3v) is 5.74. The van der Waals surface area contributed by atoms with Crippen molar-refractivity contribution in [1.29, 1.82) is 0 Å². The molecule has 0 radical (unpaired) electrons. The van der Waals surface area contributed by atoms with Crippen LogP contribution in [0, 0.1) is 11.6 Å². The van der Waals surface area contributed by atoms with Crippen LogP contribution in [0.1, 0.15) is 17.5 Å². The Labute approximate surface area is 173 Å². The number of aliphatic hydroxyl groups is 1. The fourth-order valence-electron chi connectivity index (χ4n) is 3.98. The van der Waals surface area contributed by atoms with Gasteiger partial charge in [0.2, 0.25) is 5.91 Å². The number of anilines is 1. The highest BCUT2D eigenvalue weighted by Gasteiger charge is 2.58. The topological polar surface area (TPSA) is 60.8 Å². The van der Waals surface area contributed by atoms with Crippen LogP contribution < -0.4 is 4.90 Å². The number of phenols is 1. The summed E-state index contributed by atoms with van der Waals surface area (Å²) in [6.07, 6.45) is -0.211. The van der Waals surface area contributed by atoms with E-state index < -0.39 is 17.3 Å². The minimum atomic E-state index is -1.16. The quantitative estimate of drug-likeness (QED) is 0.606. The molecule has 1 saturated heterocycles. The van der Waals surface area contributed by atoms with E-state index in [-0.39, 0.29) is 24.0 Å². The molecule has 1 aliphatic heterocycles. The van der Waals surface area contributed by atoms with E-state index in [0.717, 1.165) is 5.56 Å². The molecule has 154 valence electrons. The summed E-state index contributed by atoms with van der Waals surface area (Å²) in [6, 6.07) is 17.9. The molecule has 0 aliphatic carbocycles. The third-order valence-electron chi connectivity index (χ3n) is 5.74. The number of aryl methyl sites for hydroxylation is 1. The van der Waals surface area contributed by atoms with Crippen LogP contribution in [-0.2, 0) is 16.6 Å². The van der Waals surface area contributed by atoms with Crippen LogP contribution in [0.15, 0.2) is 72.8 Å². The van der Waals surface area contributed by atoms with Crippen LogP contribution in [0.2, 0.25) is 0 Å². The van der Waals surface area contributed by atoms with Gasteiger partial charge in [-0.15, -0.1) is 0 Å². The van der Waals surface area contributed by atoms with Gasteiger partial charge in [0.15, 0.2) is 0 Å². The fourth-order valence-corrected chi connectivity index (χ4v) is 3.98. The summed E-state index contributed by atoms with van der Waals surface area (Å²) in [7, 11) is 0. The molecule has 30 heavy (non-hydrogen) atoms. The Balaban J connectivity index is 1.60. The Morgan fingerprint density at radius 1 is 0.900 bits per heavy atom. The fraction of sp³-hybridized carbons (Fsp3) is 0.208. The molecule has 0 spiro atoms. The number of aromatic hydroxyl groups is 1. The predicted octanol–water partition coefficient (Wildman–Crippen LogP) is 3.95.